The lowest BCUT2D eigenvalue weighted by atomic mass is 9.97. The zero-order chi connectivity index (χ0) is 8.81. The fourth-order valence-electron chi connectivity index (χ4n) is 1.27. The van der Waals surface area contributed by atoms with Crippen molar-refractivity contribution in [3.05, 3.63) is 35.9 Å². The molecule has 0 N–H and O–H groups in total. The lowest BCUT2D eigenvalue weighted by Gasteiger charge is -2.08. The van der Waals surface area contributed by atoms with E-state index in [2.05, 4.69) is 19.1 Å². The van der Waals surface area contributed by atoms with E-state index in [4.69, 9.17) is 0 Å². The maximum atomic E-state index is 10.1. The van der Waals surface area contributed by atoms with E-state index in [1.807, 2.05) is 18.2 Å². The van der Waals surface area contributed by atoms with Crippen LogP contribution in [0.2, 0.25) is 0 Å². The van der Waals surface area contributed by atoms with Crippen LogP contribution in [0.5, 0.6) is 0 Å². The highest BCUT2D eigenvalue weighted by Gasteiger charge is 2.02. The third kappa shape index (κ3) is 2.50. The van der Waals surface area contributed by atoms with Crippen molar-refractivity contribution in [1.29, 1.82) is 0 Å². The van der Waals surface area contributed by atoms with Crippen LogP contribution in [0.4, 0.5) is 0 Å². The molecule has 0 amide bonds. The van der Waals surface area contributed by atoms with Gasteiger partial charge in [0.25, 0.3) is 0 Å². The minimum atomic E-state index is 0.497. The summed E-state index contributed by atoms with van der Waals surface area (Å²) in [7, 11) is 0. The summed E-state index contributed by atoms with van der Waals surface area (Å²) in [5.74, 6) is 0.497. The van der Waals surface area contributed by atoms with E-state index in [1.165, 1.54) is 5.56 Å². The van der Waals surface area contributed by atoms with Gasteiger partial charge >= 0.3 is 0 Å². The monoisotopic (exact) mass is 162 g/mol. The molecule has 0 saturated heterocycles. The average Bonchev–Trinajstić information content (AvgIpc) is 2.15. The Bertz CT molecular complexity index is 228. The van der Waals surface area contributed by atoms with Gasteiger partial charge in [-0.25, -0.2) is 0 Å². The molecule has 1 unspecified atom stereocenters. The van der Waals surface area contributed by atoms with E-state index in [-0.39, 0.29) is 0 Å². The van der Waals surface area contributed by atoms with Crippen molar-refractivity contribution in [3.8, 4) is 0 Å². The smallest absolute Gasteiger partial charge is 0.120 e. The molecule has 1 nitrogen and oxygen atoms in total. The topological polar surface area (TPSA) is 17.1 Å². The van der Waals surface area contributed by atoms with Crippen molar-refractivity contribution in [2.24, 2.45) is 0 Å². The summed E-state index contributed by atoms with van der Waals surface area (Å²) >= 11 is 0. The molecule has 12 heavy (non-hydrogen) atoms. The summed E-state index contributed by atoms with van der Waals surface area (Å²) in [6, 6.07) is 10.3. The number of aldehydes is 1. The Balaban J connectivity index is 2.53. The normalized spacial score (nSPS) is 12.4. The van der Waals surface area contributed by atoms with Gasteiger partial charge < -0.3 is 4.79 Å². The maximum Gasteiger partial charge on any atom is 0.120 e. The van der Waals surface area contributed by atoms with Crippen molar-refractivity contribution in [2.75, 3.05) is 0 Å². The Kier molecular flexibility index (Phi) is 3.52. The first-order valence-corrected chi connectivity index (χ1v) is 4.33. The largest absolute Gasteiger partial charge is 0.303 e. The molecule has 0 saturated carbocycles. The Hall–Kier alpha value is -1.11. The van der Waals surface area contributed by atoms with E-state index < -0.39 is 0 Å². The van der Waals surface area contributed by atoms with E-state index in [9.17, 15) is 4.79 Å². The maximum absolute atomic E-state index is 10.1. The van der Waals surface area contributed by atoms with Crippen LogP contribution in [0, 0.1) is 0 Å². The Morgan fingerprint density at radius 3 is 2.58 bits per heavy atom. The van der Waals surface area contributed by atoms with Crippen molar-refractivity contribution in [3.63, 3.8) is 0 Å². The Morgan fingerprint density at radius 2 is 2.00 bits per heavy atom. The third-order valence-electron chi connectivity index (χ3n) is 2.09. The number of carbonyl (C=O) groups is 1. The molecule has 0 fully saturated rings. The van der Waals surface area contributed by atoms with Crippen molar-refractivity contribution >= 4 is 6.29 Å². The molecule has 0 aliphatic rings. The summed E-state index contributed by atoms with van der Waals surface area (Å²) in [6.45, 7) is 2.15. The predicted molar refractivity (Wildman–Crippen MR) is 50.2 cm³/mol. The van der Waals surface area contributed by atoms with Crippen molar-refractivity contribution < 1.29 is 4.79 Å². The van der Waals surface area contributed by atoms with Crippen LogP contribution in [0.3, 0.4) is 0 Å². The van der Waals surface area contributed by atoms with Gasteiger partial charge in [-0.2, -0.15) is 0 Å². The minimum absolute atomic E-state index is 0.497. The fourth-order valence-corrected chi connectivity index (χ4v) is 1.27. The van der Waals surface area contributed by atoms with Gasteiger partial charge in [-0.05, 0) is 17.9 Å². The van der Waals surface area contributed by atoms with Gasteiger partial charge in [0.2, 0.25) is 0 Å². The fraction of sp³-hybridized carbons (Fsp3) is 0.364. The van der Waals surface area contributed by atoms with Gasteiger partial charge in [0.1, 0.15) is 6.29 Å². The first kappa shape index (κ1) is 8.98. The van der Waals surface area contributed by atoms with Crippen molar-refractivity contribution in [1.82, 2.24) is 0 Å². The standard InChI is InChI=1S/C11H14O/c1-10(6-5-9-12)11-7-3-2-4-8-11/h2-4,7-10H,5-6H2,1H3. The van der Waals surface area contributed by atoms with E-state index in [0.29, 0.717) is 12.3 Å². The van der Waals surface area contributed by atoms with Crippen LogP contribution < -0.4 is 0 Å². The van der Waals surface area contributed by atoms with Crippen LogP contribution in [0.25, 0.3) is 0 Å². The van der Waals surface area contributed by atoms with E-state index in [1.54, 1.807) is 0 Å². The molecule has 1 rings (SSSR count). The molecular weight excluding hydrogens is 148 g/mol. The average molecular weight is 162 g/mol. The molecule has 1 aromatic rings. The molecule has 0 aromatic heterocycles. The summed E-state index contributed by atoms with van der Waals surface area (Å²) in [4.78, 5) is 10.1. The summed E-state index contributed by atoms with van der Waals surface area (Å²) in [5.41, 5.74) is 1.32. The highest BCUT2D eigenvalue weighted by Crippen LogP contribution is 2.18. The van der Waals surface area contributed by atoms with Crippen LogP contribution >= 0.6 is 0 Å². The highest BCUT2D eigenvalue weighted by atomic mass is 16.1. The van der Waals surface area contributed by atoms with Gasteiger partial charge in [0, 0.05) is 6.42 Å². The first-order chi connectivity index (χ1) is 5.84. The zero-order valence-electron chi connectivity index (χ0n) is 7.36. The second kappa shape index (κ2) is 4.70. The molecule has 0 radical (unpaired) electrons. The predicted octanol–water partition coefficient (Wildman–Crippen LogP) is 2.77. The quantitative estimate of drug-likeness (QED) is 0.622. The van der Waals surface area contributed by atoms with Gasteiger partial charge in [-0.15, -0.1) is 0 Å². The number of carbonyl (C=O) groups excluding carboxylic acids is 1. The van der Waals surface area contributed by atoms with E-state index >= 15 is 0 Å². The minimum Gasteiger partial charge on any atom is -0.303 e. The van der Waals surface area contributed by atoms with Gasteiger partial charge in [0.15, 0.2) is 0 Å². The van der Waals surface area contributed by atoms with Crippen molar-refractivity contribution in [2.45, 2.75) is 25.7 Å². The Morgan fingerprint density at radius 1 is 1.33 bits per heavy atom. The van der Waals surface area contributed by atoms with Crippen LogP contribution in [0.1, 0.15) is 31.2 Å². The number of hydrogen-bond acceptors (Lipinski definition) is 1. The second-order valence-corrected chi connectivity index (χ2v) is 3.06. The molecule has 1 atom stereocenters. The number of hydrogen-bond donors (Lipinski definition) is 0. The highest BCUT2D eigenvalue weighted by molar-refractivity contribution is 5.49. The molecule has 0 bridgehead atoms. The second-order valence-electron chi connectivity index (χ2n) is 3.06. The molecule has 0 heterocycles. The molecule has 1 aromatic carbocycles. The van der Waals surface area contributed by atoms with Gasteiger partial charge in [-0.1, -0.05) is 37.3 Å². The zero-order valence-corrected chi connectivity index (χ0v) is 7.36. The molecule has 64 valence electrons. The van der Waals surface area contributed by atoms with E-state index in [0.717, 1.165) is 12.7 Å². The van der Waals surface area contributed by atoms with Crippen LogP contribution in [0.15, 0.2) is 30.3 Å². The van der Waals surface area contributed by atoms with Crippen LogP contribution in [-0.2, 0) is 4.79 Å². The lowest BCUT2D eigenvalue weighted by molar-refractivity contribution is -0.108. The molecule has 0 spiro atoms. The first-order valence-electron chi connectivity index (χ1n) is 4.33. The summed E-state index contributed by atoms with van der Waals surface area (Å²) in [5, 5.41) is 0. The summed E-state index contributed by atoms with van der Waals surface area (Å²) in [6.07, 6.45) is 2.60. The summed E-state index contributed by atoms with van der Waals surface area (Å²) < 4.78 is 0. The third-order valence-corrected chi connectivity index (χ3v) is 2.09. The lowest BCUT2D eigenvalue weighted by Crippen LogP contribution is -1.92. The van der Waals surface area contributed by atoms with Crippen LogP contribution in [-0.4, -0.2) is 6.29 Å². The molecule has 1 heteroatoms. The molecule has 0 aliphatic carbocycles. The molecule has 0 aliphatic heterocycles. The number of benzene rings is 1. The molecular formula is C11H14O. The SMILES string of the molecule is CC(CCC=O)c1ccccc1. The number of rotatable bonds is 4. The van der Waals surface area contributed by atoms with Gasteiger partial charge in [0.05, 0.1) is 0 Å². The Labute approximate surface area is 73.4 Å². The van der Waals surface area contributed by atoms with Gasteiger partial charge in [-0.3, -0.25) is 0 Å².